The van der Waals surface area contributed by atoms with Crippen molar-refractivity contribution in [3.8, 4) is 0 Å². The van der Waals surface area contributed by atoms with Crippen molar-refractivity contribution in [2.75, 3.05) is 6.54 Å². The highest BCUT2D eigenvalue weighted by Crippen LogP contribution is 2.18. The van der Waals surface area contributed by atoms with Gasteiger partial charge < -0.3 is 9.88 Å². The Bertz CT molecular complexity index is 584. The van der Waals surface area contributed by atoms with Gasteiger partial charge in [-0.3, -0.25) is 4.79 Å². The molecule has 3 nitrogen and oxygen atoms in total. The molecule has 0 bridgehead atoms. The monoisotopic (exact) mass is 228 g/mol. The molecule has 1 heterocycles. The van der Waals surface area contributed by atoms with Crippen molar-refractivity contribution >= 4 is 10.9 Å². The molecule has 1 aliphatic rings. The van der Waals surface area contributed by atoms with Crippen molar-refractivity contribution in [1.82, 2.24) is 9.88 Å². The lowest BCUT2D eigenvalue weighted by Gasteiger charge is -2.10. The molecule has 3 heteroatoms. The Morgan fingerprint density at radius 2 is 2.06 bits per heavy atom. The van der Waals surface area contributed by atoms with Crippen LogP contribution in [-0.4, -0.2) is 17.2 Å². The van der Waals surface area contributed by atoms with Gasteiger partial charge in [-0.25, -0.2) is 0 Å². The van der Waals surface area contributed by atoms with Crippen molar-refractivity contribution in [1.29, 1.82) is 0 Å². The van der Waals surface area contributed by atoms with Gasteiger partial charge in [0.05, 0.1) is 5.52 Å². The van der Waals surface area contributed by atoms with Gasteiger partial charge in [0.1, 0.15) is 0 Å². The lowest BCUT2D eigenvalue weighted by atomic mass is 10.2. The number of benzene rings is 1. The molecule has 0 unspecified atom stereocenters. The molecule has 3 rings (SSSR count). The SMILES string of the molecule is O=c1ccn(CCNC2CC2)c2ccccc12. The number of nitrogens with one attached hydrogen (secondary N) is 1. The van der Waals surface area contributed by atoms with E-state index in [0.29, 0.717) is 0 Å². The van der Waals surface area contributed by atoms with E-state index >= 15 is 0 Å². The molecule has 0 amide bonds. The summed E-state index contributed by atoms with van der Waals surface area (Å²) in [5, 5.41) is 4.29. The fourth-order valence-corrected chi connectivity index (χ4v) is 2.13. The van der Waals surface area contributed by atoms with Crippen LogP contribution in [0.2, 0.25) is 0 Å². The van der Waals surface area contributed by atoms with Gasteiger partial charge >= 0.3 is 0 Å². The van der Waals surface area contributed by atoms with Crippen LogP contribution in [0.5, 0.6) is 0 Å². The third-order valence-corrected chi connectivity index (χ3v) is 3.25. The normalized spacial score (nSPS) is 15.3. The zero-order valence-corrected chi connectivity index (χ0v) is 9.73. The Morgan fingerprint density at radius 1 is 1.24 bits per heavy atom. The molecule has 1 aromatic carbocycles. The van der Waals surface area contributed by atoms with Gasteiger partial charge in [0.2, 0.25) is 0 Å². The second-order valence-electron chi connectivity index (χ2n) is 4.62. The van der Waals surface area contributed by atoms with E-state index in [0.717, 1.165) is 30.0 Å². The molecule has 1 aromatic heterocycles. The first kappa shape index (κ1) is 10.5. The van der Waals surface area contributed by atoms with Crippen molar-refractivity contribution in [3.63, 3.8) is 0 Å². The highest BCUT2D eigenvalue weighted by molar-refractivity contribution is 5.78. The van der Waals surface area contributed by atoms with E-state index in [1.165, 1.54) is 12.8 Å². The fraction of sp³-hybridized carbons (Fsp3) is 0.357. The summed E-state index contributed by atoms with van der Waals surface area (Å²) in [6.45, 7) is 1.88. The van der Waals surface area contributed by atoms with Gasteiger partial charge in [-0.05, 0) is 25.0 Å². The number of hydrogen-bond donors (Lipinski definition) is 1. The second kappa shape index (κ2) is 4.34. The predicted octanol–water partition coefficient (Wildman–Crippen LogP) is 1.75. The molecule has 17 heavy (non-hydrogen) atoms. The molecule has 1 fully saturated rings. The summed E-state index contributed by atoms with van der Waals surface area (Å²) >= 11 is 0. The molecule has 1 aliphatic carbocycles. The Kier molecular flexibility index (Phi) is 2.69. The Hall–Kier alpha value is -1.61. The smallest absolute Gasteiger partial charge is 0.189 e. The van der Waals surface area contributed by atoms with Crippen LogP contribution in [0.3, 0.4) is 0 Å². The number of para-hydroxylation sites is 1. The zero-order valence-electron chi connectivity index (χ0n) is 9.73. The molecular weight excluding hydrogens is 212 g/mol. The van der Waals surface area contributed by atoms with Gasteiger partial charge in [0, 0.05) is 36.8 Å². The van der Waals surface area contributed by atoms with E-state index in [2.05, 4.69) is 9.88 Å². The van der Waals surface area contributed by atoms with Crippen molar-refractivity contribution in [2.45, 2.75) is 25.4 Å². The van der Waals surface area contributed by atoms with Crippen LogP contribution in [-0.2, 0) is 6.54 Å². The van der Waals surface area contributed by atoms with Gasteiger partial charge in [0.25, 0.3) is 0 Å². The largest absolute Gasteiger partial charge is 0.346 e. The molecule has 0 aliphatic heterocycles. The molecule has 0 atom stereocenters. The van der Waals surface area contributed by atoms with Crippen LogP contribution >= 0.6 is 0 Å². The summed E-state index contributed by atoms with van der Waals surface area (Å²) in [5.74, 6) is 0. The van der Waals surface area contributed by atoms with Gasteiger partial charge in [-0.2, -0.15) is 0 Å². The lowest BCUT2D eigenvalue weighted by molar-refractivity contribution is 0.604. The van der Waals surface area contributed by atoms with E-state index < -0.39 is 0 Å². The van der Waals surface area contributed by atoms with Crippen molar-refractivity contribution < 1.29 is 0 Å². The second-order valence-corrected chi connectivity index (χ2v) is 4.62. The molecule has 2 aromatic rings. The minimum atomic E-state index is 0.104. The first-order valence-electron chi connectivity index (χ1n) is 6.16. The maximum absolute atomic E-state index is 11.7. The fourth-order valence-electron chi connectivity index (χ4n) is 2.13. The average Bonchev–Trinajstić information content (AvgIpc) is 3.17. The summed E-state index contributed by atoms with van der Waals surface area (Å²) < 4.78 is 2.14. The number of hydrogen-bond acceptors (Lipinski definition) is 2. The third-order valence-electron chi connectivity index (χ3n) is 3.25. The van der Waals surface area contributed by atoms with Crippen molar-refractivity contribution in [3.05, 3.63) is 46.8 Å². The van der Waals surface area contributed by atoms with Gasteiger partial charge in [0.15, 0.2) is 5.43 Å². The Balaban J connectivity index is 1.87. The number of rotatable bonds is 4. The summed E-state index contributed by atoms with van der Waals surface area (Å²) in [4.78, 5) is 11.7. The predicted molar refractivity (Wildman–Crippen MR) is 69.2 cm³/mol. The summed E-state index contributed by atoms with van der Waals surface area (Å²) in [5.41, 5.74) is 1.13. The molecule has 0 spiro atoms. The van der Waals surface area contributed by atoms with E-state index in [1.807, 2.05) is 30.5 Å². The van der Waals surface area contributed by atoms with E-state index in [4.69, 9.17) is 0 Å². The Morgan fingerprint density at radius 3 is 2.88 bits per heavy atom. The topological polar surface area (TPSA) is 34.0 Å². The van der Waals surface area contributed by atoms with Crippen LogP contribution in [0, 0.1) is 0 Å². The standard InChI is InChI=1S/C14H16N2O/c17-14-7-9-16(10-8-15-11-5-6-11)13-4-2-1-3-12(13)14/h1-4,7,9,11,15H,5-6,8,10H2. The van der Waals surface area contributed by atoms with Crippen molar-refractivity contribution in [2.24, 2.45) is 0 Å². The quantitative estimate of drug-likeness (QED) is 0.865. The minimum absolute atomic E-state index is 0.104. The summed E-state index contributed by atoms with van der Waals surface area (Å²) in [6, 6.07) is 10.2. The van der Waals surface area contributed by atoms with E-state index in [-0.39, 0.29) is 5.43 Å². The van der Waals surface area contributed by atoms with Crippen LogP contribution in [0.1, 0.15) is 12.8 Å². The molecule has 0 radical (unpaired) electrons. The average molecular weight is 228 g/mol. The van der Waals surface area contributed by atoms with Crippen LogP contribution < -0.4 is 10.7 Å². The summed E-state index contributed by atoms with van der Waals surface area (Å²) in [7, 11) is 0. The molecule has 1 N–H and O–H groups in total. The summed E-state index contributed by atoms with van der Waals surface area (Å²) in [6.07, 6.45) is 4.51. The van der Waals surface area contributed by atoms with E-state index in [1.54, 1.807) is 6.07 Å². The van der Waals surface area contributed by atoms with Crippen LogP contribution in [0.25, 0.3) is 10.9 Å². The van der Waals surface area contributed by atoms with Gasteiger partial charge in [-0.1, -0.05) is 12.1 Å². The number of pyridine rings is 1. The molecule has 88 valence electrons. The van der Waals surface area contributed by atoms with E-state index in [9.17, 15) is 4.79 Å². The van der Waals surface area contributed by atoms with Crippen LogP contribution in [0.15, 0.2) is 41.3 Å². The molecule has 0 saturated heterocycles. The molecular formula is C14H16N2O. The zero-order chi connectivity index (χ0) is 11.7. The minimum Gasteiger partial charge on any atom is -0.346 e. The Labute approximate surface area is 100 Å². The highest BCUT2D eigenvalue weighted by Gasteiger charge is 2.19. The lowest BCUT2D eigenvalue weighted by Crippen LogP contribution is -2.22. The number of nitrogens with zero attached hydrogens (tertiary/aromatic N) is 1. The van der Waals surface area contributed by atoms with Gasteiger partial charge in [-0.15, -0.1) is 0 Å². The molecule has 1 saturated carbocycles. The maximum atomic E-state index is 11.7. The number of aromatic nitrogens is 1. The third kappa shape index (κ3) is 2.24. The number of fused-ring (bicyclic) bond motifs is 1. The first-order chi connectivity index (χ1) is 8.34. The maximum Gasteiger partial charge on any atom is 0.189 e. The highest BCUT2D eigenvalue weighted by atomic mass is 16.1. The van der Waals surface area contributed by atoms with Crippen LogP contribution in [0.4, 0.5) is 0 Å². The first-order valence-corrected chi connectivity index (χ1v) is 6.16.